The molecule has 3 saturated heterocycles. The Morgan fingerprint density at radius 3 is 2.63 bits per heavy atom. The zero-order valence-corrected chi connectivity index (χ0v) is 16.4. The number of nitrogens with one attached hydrogen (secondary N) is 1. The number of anilines is 1. The van der Waals surface area contributed by atoms with E-state index < -0.39 is 6.04 Å². The van der Waals surface area contributed by atoms with Gasteiger partial charge < -0.3 is 10.2 Å². The zero-order chi connectivity index (χ0) is 19.2. The summed E-state index contributed by atoms with van der Waals surface area (Å²) in [6, 6.07) is 6.62. The predicted molar refractivity (Wildman–Crippen MR) is 104 cm³/mol. The molecule has 0 spiro atoms. The molecule has 0 bridgehead atoms. The van der Waals surface area contributed by atoms with E-state index in [0.717, 1.165) is 23.7 Å². The number of fused-ring (bicyclic) bond motifs is 1. The molecule has 0 saturated carbocycles. The van der Waals surface area contributed by atoms with Gasteiger partial charge in [0.05, 0.1) is 17.2 Å². The molecule has 3 aliphatic rings. The van der Waals surface area contributed by atoms with Gasteiger partial charge in [0, 0.05) is 17.9 Å². The van der Waals surface area contributed by atoms with Crippen LogP contribution in [0.1, 0.15) is 25.3 Å². The van der Waals surface area contributed by atoms with Crippen LogP contribution in [-0.4, -0.2) is 55.2 Å². The molecule has 3 aliphatic heterocycles. The maximum Gasteiger partial charge on any atom is 0.289 e. The van der Waals surface area contributed by atoms with Crippen LogP contribution in [0.15, 0.2) is 24.3 Å². The second kappa shape index (κ2) is 6.87. The third-order valence-electron chi connectivity index (χ3n) is 5.15. The quantitative estimate of drug-likeness (QED) is 0.827. The first-order chi connectivity index (χ1) is 12.9. The van der Waals surface area contributed by atoms with Crippen LogP contribution in [0.25, 0.3) is 0 Å². The molecule has 3 heterocycles. The summed E-state index contributed by atoms with van der Waals surface area (Å²) in [5.74, 6) is 0.467. The number of hydrogen-bond acceptors (Lipinski definition) is 6. The molecule has 2 unspecified atom stereocenters. The van der Waals surface area contributed by atoms with Gasteiger partial charge >= 0.3 is 0 Å². The van der Waals surface area contributed by atoms with Crippen LogP contribution < -0.4 is 5.32 Å². The second-order valence-electron chi connectivity index (χ2n) is 6.99. The Bertz CT molecular complexity index is 812. The van der Waals surface area contributed by atoms with Crippen molar-refractivity contribution in [2.75, 3.05) is 16.8 Å². The van der Waals surface area contributed by atoms with Crippen LogP contribution in [0, 0.1) is 0 Å². The average molecular weight is 406 g/mol. The lowest BCUT2D eigenvalue weighted by atomic mass is 10.1. The van der Waals surface area contributed by atoms with Crippen molar-refractivity contribution in [1.29, 1.82) is 0 Å². The molecule has 0 aliphatic carbocycles. The van der Waals surface area contributed by atoms with Crippen LogP contribution in [-0.2, 0) is 20.9 Å². The molecule has 142 valence electrons. The Kier molecular flexibility index (Phi) is 4.67. The molecule has 9 heteroatoms. The number of nitrogens with zero attached hydrogens (tertiary/aromatic N) is 2. The first-order valence-electron chi connectivity index (χ1n) is 8.70. The molecule has 1 aromatic carbocycles. The van der Waals surface area contributed by atoms with Crippen molar-refractivity contribution in [1.82, 2.24) is 9.80 Å². The van der Waals surface area contributed by atoms with E-state index in [2.05, 4.69) is 5.32 Å². The molecule has 4 amide bonds. The van der Waals surface area contributed by atoms with Crippen LogP contribution in [0.5, 0.6) is 0 Å². The molecule has 3 fully saturated rings. The molecule has 27 heavy (non-hydrogen) atoms. The fraction of sp³-hybridized carbons (Fsp3) is 0.444. The van der Waals surface area contributed by atoms with Gasteiger partial charge in [0.15, 0.2) is 0 Å². The Hall–Kier alpha value is -2.00. The van der Waals surface area contributed by atoms with Gasteiger partial charge in [-0.15, -0.1) is 11.8 Å². The summed E-state index contributed by atoms with van der Waals surface area (Å²) in [6.07, 6.45) is 1.27. The maximum absolute atomic E-state index is 12.7. The molecule has 1 N–H and O–H groups in total. The highest BCUT2D eigenvalue weighted by atomic mass is 32.2. The van der Waals surface area contributed by atoms with Crippen LogP contribution >= 0.6 is 23.5 Å². The lowest BCUT2D eigenvalue weighted by molar-refractivity contribution is -0.135. The van der Waals surface area contributed by atoms with E-state index in [4.69, 9.17) is 0 Å². The van der Waals surface area contributed by atoms with Gasteiger partial charge in [0.25, 0.3) is 5.24 Å². The van der Waals surface area contributed by atoms with Crippen molar-refractivity contribution in [3.8, 4) is 0 Å². The number of thioether (sulfide) groups is 2. The summed E-state index contributed by atoms with van der Waals surface area (Å²) in [7, 11) is 0. The fourth-order valence-corrected chi connectivity index (χ4v) is 5.81. The molecule has 7 nitrogen and oxygen atoms in total. The molecule has 2 atom stereocenters. The van der Waals surface area contributed by atoms with Crippen molar-refractivity contribution in [2.45, 2.75) is 37.2 Å². The standard InChI is InChI=1S/C18H19N3O4S2/c1-18-7-6-14(22)21(18)13(9-27-18)16(24)19-12-4-2-11(3-5-12)8-20-15(23)10-26-17(20)25/h2-5,13H,6-10H2,1H3,(H,19,24). The minimum atomic E-state index is -0.452. The number of rotatable bonds is 4. The summed E-state index contributed by atoms with van der Waals surface area (Å²) < 4.78 is 0. The summed E-state index contributed by atoms with van der Waals surface area (Å²) in [6.45, 7) is 2.25. The van der Waals surface area contributed by atoms with Crippen LogP contribution in [0.4, 0.5) is 10.5 Å². The molecular weight excluding hydrogens is 386 g/mol. The van der Waals surface area contributed by atoms with E-state index in [0.29, 0.717) is 17.9 Å². The van der Waals surface area contributed by atoms with Crippen LogP contribution in [0.2, 0.25) is 0 Å². The Balaban J connectivity index is 1.40. The van der Waals surface area contributed by atoms with Gasteiger partial charge in [-0.25, -0.2) is 0 Å². The smallest absolute Gasteiger partial charge is 0.289 e. The summed E-state index contributed by atoms with van der Waals surface area (Å²) in [4.78, 5) is 50.9. The van der Waals surface area contributed by atoms with Gasteiger partial charge in [-0.05, 0) is 31.0 Å². The molecule has 1 aromatic rings. The highest BCUT2D eigenvalue weighted by Gasteiger charge is 2.52. The van der Waals surface area contributed by atoms with Crippen molar-refractivity contribution >= 4 is 52.2 Å². The molecular formula is C18H19N3O4S2. The SMILES string of the molecule is CC12CCC(=O)N1C(C(=O)Nc1ccc(CN3C(=O)CSC3=O)cc1)CS2. The number of benzene rings is 1. The molecule has 0 aromatic heterocycles. The topological polar surface area (TPSA) is 86.8 Å². The summed E-state index contributed by atoms with van der Waals surface area (Å²) in [5.41, 5.74) is 1.44. The number of carbonyl (C=O) groups is 4. The summed E-state index contributed by atoms with van der Waals surface area (Å²) in [5, 5.41) is 2.65. The van der Waals surface area contributed by atoms with Crippen LogP contribution in [0.3, 0.4) is 0 Å². The highest BCUT2D eigenvalue weighted by Crippen LogP contribution is 2.47. The lowest BCUT2D eigenvalue weighted by Gasteiger charge is -2.29. The van der Waals surface area contributed by atoms with Crippen molar-refractivity contribution in [3.63, 3.8) is 0 Å². The average Bonchev–Trinajstić information content (AvgIpc) is 3.25. The minimum absolute atomic E-state index is 0.0378. The monoisotopic (exact) mass is 405 g/mol. The minimum Gasteiger partial charge on any atom is -0.324 e. The lowest BCUT2D eigenvalue weighted by Crippen LogP contribution is -2.48. The fourth-order valence-electron chi connectivity index (χ4n) is 3.65. The second-order valence-corrected chi connectivity index (χ2v) is 9.41. The van der Waals surface area contributed by atoms with E-state index in [-0.39, 0.29) is 40.1 Å². The highest BCUT2D eigenvalue weighted by molar-refractivity contribution is 8.14. The molecule has 4 rings (SSSR count). The number of hydrogen-bond donors (Lipinski definition) is 1. The summed E-state index contributed by atoms with van der Waals surface area (Å²) >= 11 is 2.67. The number of imide groups is 1. The third-order valence-corrected chi connectivity index (χ3v) is 7.51. The van der Waals surface area contributed by atoms with E-state index in [1.807, 2.05) is 6.92 Å². The maximum atomic E-state index is 12.7. The van der Waals surface area contributed by atoms with Crippen molar-refractivity contribution in [2.24, 2.45) is 0 Å². The van der Waals surface area contributed by atoms with E-state index in [1.165, 1.54) is 4.90 Å². The van der Waals surface area contributed by atoms with Gasteiger partial charge in [0.2, 0.25) is 17.7 Å². The van der Waals surface area contributed by atoms with E-state index in [1.54, 1.807) is 40.9 Å². The Morgan fingerprint density at radius 2 is 1.96 bits per heavy atom. The van der Waals surface area contributed by atoms with Gasteiger partial charge in [-0.1, -0.05) is 23.9 Å². The van der Waals surface area contributed by atoms with E-state index in [9.17, 15) is 19.2 Å². The van der Waals surface area contributed by atoms with Crippen molar-refractivity contribution in [3.05, 3.63) is 29.8 Å². The largest absolute Gasteiger partial charge is 0.324 e. The predicted octanol–water partition coefficient (Wildman–Crippen LogP) is 2.27. The first kappa shape index (κ1) is 18.4. The number of carbonyl (C=O) groups excluding carboxylic acids is 4. The normalized spacial score (nSPS) is 27.4. The van der Waals surface area contributed by atoms with Crippen molar-refractivity contribution < 1.29 is 19.2 Å². The third kappa shape index (κ3) is 3.34. The zero-order valence-electron chi connectivity index (χ0n) is 14.8. The van der Waals surface area contributed by atoms with Gasteiger partial charge in [0.1, 0.15) is 6.04 Å². The number of amides is 4. The van der Waals surface area contributed by atoms with Gasteiger partial charge in [-0.2, -0.15) is 0 Å². The van der Waals surface area contributed by atoms with E-state index >= 15 is 0 Å². The Labute approximate surface area is 165 Å². The van der Waals surface area contributed by atoms with Gasteiger partial charge in [-0.3, -0.25) is 24.1 Å². The first-order valence-corrected chi connectivity index (χ1v) is 10.7. The molecule has 0 radical (unpaired) electrons. The Morgan fingerprint density at radius 1 is 1.22 bits per heavy atom.